The van der Waals surface area contributed by atoms with Crippen LogP contribution in [0.1, 0.15) is 0 Å². The highest BCUT2D eigenvalue weighted by Gasteiger charge is 1.99. The number of ether oxygens (including phenoxy) is 1. The van der Waals surface area contributed by atoms with Gasteiger partial charge in [-0.3, -0.25) is 0 Å². The van der Waals surface area contributed by atoms with Gasteiger partial charge in [0, 0.05) is 21.5 Å². The van der Waals surface area contributed by atoms with Crippen molar-refractivity contribution in [1.29, 1.82) is 0 Å². The van der Waals surface area contributed by atoms with Crippen LogP contribution >= 0.6 is 22.6 Å². The van der Waals surface area contributed by atoms with Gasteiger partial charge < -0.3 is 10.1 Å². The van der Waals surface area contributed by atoms with Crippen molar-refractivity contribution in [2.45, 2.75) is 0 Å². The summed E-state index contributed by atoms with van der Waals surface area (Å²) in [7, 11) is 1.58. The Morgan fingerprint density at radius 1 is 1.19 bits per heavy atom. The van der Waals surface area contributed by atoms with E-state index in [9.17, 15) is 0 Å². The average molecular weight is 327 g/mol. The zero-order chi connectivity index (χ0) is 11.4. The molecule has 82 valence electrons. The van der Waals surface area contributed by atoms with E-state index in [0.29, 0.717) is 11.8 Å². The molecule has 5 heteroatoms. The minimum atomic E-state index is 0.528. The molecule has 0 radical (unpaired) electrons. The molecule has 0 atom stereocenters. The zero-order valence-electron chi connectivity index (χ0n) is 8.64. The van der Waals surface area contributed by atoms with Crippen LogP contribution in [0.3, 0.4) is 0 Å². The molecule has 16 heavy (non-hydrogen) atoms. The summed E-state index contributed by atoms with van der Waals surface area (Å²) in [6.45, 7) is 0. The van der Waals surface area contributed by atoms with Crippen LogP contribution in [0, 0.1) is 3.57 Å². The van der Waals surface area contributed by atoms with Crippen molar-refractivity contribution in [2.75, 3.05) is 12.4 Å². The number of nitrogens with one attached hydrogen (secondary N) is 1. The Labute approximate surface area is 107 Å². The summed E-state index contributed by atoms with van der Waals surface area (Å²) in [5.74, 6) is 1.07. The lowest BCUT2D eigenvalue weighted by atomic mass is 10.3. The first-order chi connectivity index (χ1) is 7.78. The van der Waals surface area contributed by atoms with Gasteiger partial charge >= 0.3 is 0 Å². The highest BCUT2D eigenvalue weighted by atomic mass is 127. The lowest BCUT2D eigenvalue weighted by Crippen LogP contribution is -1.98. The first-order valence-corrected chi connectivity index (χ1v) is 5.75. The molecule has 1 aromatic heterocycles. The van der Waals surface area contributed by atoms with Crippen molar-refractivity contribution in [3.8, 4) is 5.88 Å². The Balaban J connectivity index is 2.16. The third kappa shape index (κ3) is 2.82. The first kappa shape index (κ1) is 11.1. The highest BCUT2D eigenvalue weighted by Crippen LogP contribution is 2.16. The summed E-state index contributed by atoms with van der Waals surface area (Å²) in [5, 5.41) is 3.10. The maximum atomic E-state index is 5.02. The monoisotopic (exact) mass is 327 g/mol. The normalized spacial score (nSPS) is 9.88. The quantitative estimate of drug-likeness (QED) is 0.881. The molecule has 0 unspecified atom stereocenters. The molecule has 0 aliphatic rings. The van der Waals surface area contributed by atoms with E-state index in [1.54, 1.807) is 19.4 Å². The summed E-state index contributed by atoms with van der Waals surface area (Å²) < 4.78 is 6.21. The Morgan fingerprint density at radius 3 is 2.62 bits per heavy atom. The van der Waals surface area contributed by atoms with E-state index in [1.165, 1.54) is 3.57 Å². The van der Waals surface area contributed by atoms with Gasteiger partial charge in [-0.15, -0.1) is 0 Å². The maximum Gasteiger partial charge on any atom is 0.230 e. The molecule has 0 amide bonds. The van der Waals surface area contributed by atoms with Crippen LogP contribution in [-0.4, -0.2) is 17.1 Å². The molecule has 0 fully saturated rings. The summed E-state index contributed by atoms with van der Waals surface area (Å²) in [4.78, 5) is 8.26. The topological polar surface area (TPSA) is 47.0 Å². The van der Waals surface area contributed by atoms with Crippen LogP contribution in [0.25, 0.3) is 0 Å². The smallest absolute Gasteiger partial charge is 0.230 e. The molecule has 1 aromatic carbocycles. The number of aromatic nitrogens is 2. The molecule has 0 bridgehead atoms. The van der Waals surface area contributed by atoms with E-state index < -0.39 is 0 Å². The van der Waals surface area contributed by atoms with E-state index in [-0.39, 0.29) is 0 Å². The largest absolute Gasteiger partial charge is 0.481 e. The van der Waals surface area contributed by atoms with Crippen LogP contribution in [0.15, 0.2) is 36.5 Å². The lowest BCUT2D eigenvalue weighted by molar-refractivity contribution is 0.397. The number of nitrogens with zero attached hydrogens (tertiary/aromatic N) is 2. The second-order valence-electron chi connectivity index (χ2n) is 3.05. The van der Waals surface area contributed by atoms with Crippen molar-refractivity contribution in [3.63, 3.8) is 0 Å². The molecule has 2 rings (SSSR count). The van der Waals surface area contributed by atoms with Gasteiger partial charge in [-0.05, 0) is 46.9 Å². The SMILES string of the molecule is COc1ccnc(Nc2ccc(I)cc2)n1. The minimum absolute atomic E-state index is 0.528. The fourth-order valence-electron chi connectivity index (χ4n) is 1.18. The third-order valence-corrected chi connectivity index (χ3v) is 2.66. The van der Waals surface area contributed by atoms with Crippen LogP contribution in [0.2, 0.25) is 0 Å². The summed E-state index contributed by atoms with van der Waals surface area (Å²) in [6.07, 6.45) is 1.65. The number of benzene rings is 1. The number of methoxy groups -OCH3 is 1. The second kappa shape index (κ2) is 5.11. The molecule has 1 N–H and O–H groups in total. The zero-order valence-corrected chi connectivity index (χ0v) is 10.8. The molecule has 2 aromatic rings. The van der Waals surface area contributed by atoms with Gasteiger partial charge in [0.2, 0.25) is 11.8 Å². The fourth-order valence-corrected chi connectivity index (χ4v) is 1.54. The molecule has 4 nitrogen and oxygen atoms in total. The predicted molar refractivity (Wildman–Crippen MR) is 71.0 cm³/mol. The van der Waals surface area contributed by atoms with E-state index in [1.807, 2.05) is 24.3 Å². The standard InChI is InChI=1S/C11H10IN3O/c1-16-10-6-7-13-11(15-10)14-9-4-2-8(12)3-5-9/h2-7H,1H3,(H,13,14,15). The van der Waals surface area contributed by atoms with E-state index in [2.05, 4.69) is 37.9 Å². The van der Waals surface area contributed by atoms with Crippen LogP contribution in [0.4, 0.5) is 11.6 Å². The van der Waals surface area contributed by atoms with E-state index in [4.69, 9.17) is 4.74 Å². The first-order valence-electron chi connectivity index (χ1n) is 4.67. The molecule has 1 heterocycles. The summed E-state index contributed by atoms with van der Waals surface area (Å²) >= 11 is 2.26. The van der Waals surface area contributed by atoms with Crippen LogP contribution < -0.4 is 10.1 Å². The lowest BCUT2D eigenvalue weighted by Gasteiger charge is -2.05. The van der Waals surface area contributed by atoms with Crippen molar-refractivity contribution < 1.29 is 4.74 Å². The van der Waals surface area contributed by atoms with Gasteiger partial charge in [-0.2, -0.15) is 4.98 Å². The maximum absolute atomic E-state index is 5.02. The Kier molecular flexibility index (Phi) is 3.55. The summed E-state index contributed by atoms with van der Waals surface area (Å²) in [6, 6.07) is 9.69. The highest BCUT2D eigenvalue weighted by molar-refractivity contribution is 14.1. The number of hydrogen-bond donors (Lipinski definition) is 1. The summed E-state index contributed by atoms with van der Waals surface area (Å²) in [5.41, 5.74) is 0.952. The van der Waals surface area contributed by atoms with Crippen molar-refractivity contribution in [2.24, 2.45) is 0 Å². The van der Waals surface area contributed by atoms with Gasteiger partial charge in [-0.1, -0.05) is 0 Å². The molecule has 0 saturated carbocycles. The van der Waals surface area contributed by atoms with E-state index >= 15 is 0 Å². The molecule has 0 aliphatic carbocycles. The number of halogens is 1. The van der Waals surface area contributed by atoms with E-state index in [0.717, 1.165) is 5.69 Å². The molecule has 0 aliphatic heterocycles. The Morgan fingerprint density at radius 2 is 1.94 bits per heavy atom. The van der Waals surface area contributed by atoms with Gasteiger partial charge in [0.25, 0.3) is 0 Å². The van der Waals surface area contributed by atoms with Gasteiger partial charge in [0.1, 0.15) is 0 Å². The number of hydrogen-bond acceptors (Lipinski definition) is 4. The van der Waals surface area contributed by atoms with Gasteiger partial charge in [-0.25, -0.2) is 4.98 Å². The Bertz CT molecular complexity index is 473. The van der Waals surface area contributed by atoms with Gasteiger partial charge in [0.05, 0.1) is 7.11 Å². The third-order valence-electron chi connectivity index (χ3n) is 1.94. The molecular weight excluding hydrogens is 317 g/mol. The molecule has 0 spiro atoms. The van der Waals surface area contributed by atoms with Crippen LogP contribution in [-0.2, 0) is 0 Å². The fraction of sp³-hybridized carbons (Fsp3) is 0.0909. The van der Waals surface area contributed by atoms with Crippen molar-refractivity contribution in [3.05, 3.63) is 40.1 Å². The number of rotatable bonds is 3. The second-order valence-corrected chi connectivity index (χ2v) is 4.30. The van der Waals surface area contributed by atoms with Gasteiger partial charge in [0.15, 0.2) is 0 Å². The average Bonchev–Trinajstić information content (AvgIpc) is 2.32. The van der Waals surface area contributed by atoms with Crippen molar-refractivity contribution >= 4 is 34.2 Å². The number of anilines is 2. The molecule has 0 saturated heterocycles. The minimum Gasteiger partial charge on any atom is -0.481 e. The molecular formula is C11H10IN3O. The van der Waals surface area contributed by atoms with Crippen LogP contribution in [0.5, 0.6) is 5.88 Å². The Hall–Kier alpha value is -1.37. The van der Waals surface area contributed by atoms with Crippen molar-refractivity contribution in [1.82, 2.24) is 9.97 Å². The predicted octanol–water partition coefficient (Wildman–Crippen LogP) is 2.83.